The summed E-state index contributed by atoms with van der Waals surface area (Å²) in [5.74, 6) is -0.735. The van der Waals surface area contributed by atoms with Crippen molar-refractivity contribution in [2.75, 3.05) is 32.5 Å². The topological polar surface area (TPSA) is 99.5 Å². The Morgan fingerprint density at radius 3 is 2.71 bits per heavy atom. The number of rotatable bonds is 5. The molecular formula is C19H20ClN5O3. The molecule has 0 bridgehead atoms. The summed E-state index contributed by atoms with van der Waals surface area (Å²) in [4.78, 5) is 31.4. The first-order valence-corrected chi connectivity index (χ1v) is 8.94. The summed E-state index contributed by atoms with van der Waals surface area (Å²) in [6.07, 6.45) is 1.54. The molecule has 9 heteroatoms. The molecule has 0 saturated heterocycles. The van der Waals surface area contributed by atoms with Crippen LogP contribution in [0.25, 0.3) is 10.9 Å². The smallest absolute Gasteiger partial charge is 0.328 e. The molecule has 3 rings (SSSR count). The molecule has 0 fully saturated rings. The van der Waals surface area contributed by atoms with E-state index in [-0.39, 0.29) is 5.56 Å². The predicted molar refractivity (Wildman–Crippen MR) is 108 cm³/mol. The molecule has 0 aliphatic carbocycles. The second kappa shape index (κ2) is 8.28. The molecule has 8 nitrogen and oxygen atoms in total. The number of pyridine rings is 1. The van der Waals surface area contributed by atoms with E-state index in [4.69, 9.17) is 11.6 Å². The molecule has 0 saturated carbocycles. The number of hydrogen-bond donors (Lipinski definition) is 3. The zero-order valence-electron chi connectivity index (χ0n) is 15.4. The Morgan fingerprint density at radius 1 is 1.25 bits per heavy atom. The van der Waals surface area contributed by atoms with E-state index in [1.165, 1.54) is 12.3 Å². The van der Waals surface area contributed by atoms with Gasteiger partial charge < -0.3 is 20.6 Å². The molecule has 146 valence electrons. The number of benzene rings is 1. The average molecular weight is 402 g/mol. The van der Waals surface area contributed by atoms with Crippen LogP contribution in [0, 0.1) is 0 Å². The van der Waals surface area contributed by atoms with Gasteiger partial charge in [-0.3, -0.25) is 4.79 Å². The lowest BCUT2D eigenvalue weighted by molar-refractivity contribution is 0.102. The Morgan fingerprint density at radius 2 is 2.04 bits per heavy atom. The number of nitrogens with one attached hydrogen (secondary N) is 2. The first-order chi connectivity index (χ1) is 13.4. The molecule has 0 aliphatic rings. The first kappa shape index (κ1) is 19.7. The van der Waals surface area contributed by atoms with Crippen LogP contribution in [0.5, 0.6) is 5.88 Å². The summed E-state index contributed by atoms with van der Waals surface area (Å²) >= 11 is 6.07. The number of halogens is 1. The maximum absolute atomic E-state index is 12.8. The lowest BCUT2D eigenvalue weighted by Crippen LogP contribution is -2.34. The third-order valence-corrected chi connectivity index (χ3v) is 4.31. The summed E-state index contributed by atoms with van der Waals surface area (Å²) in [6, 6.07) is 9.23. The molecule has 3 N–H and O–H groups in total. The minimum Gasteiger partial charge on any atom is -0.494 e. The Hall–Kier alpha value is -3.10. The maximum atomic E-state index is 12.8. The van der Waals surface area contributed by atoms with Crippen LogP contribution in [0.1, 0.15) is 10.4 Å². The van der Waals surface area contributed by atoms with Gasteiger partial charge in [-0.15, -0.1) is 0 Å². The van der Waals surface area contributed by atoms with Crippen LogP contribution in [-0.2, 0) is 0 Å². The van der Waals surface area contributed by atoms with Gasteiger partial charge in [-0.25, -0.2) is 14.3 Å². The lowest BCUT2D eigenvalue weighted by Gasteiger charge is -2.12. The Balaban J connectivity index is 2.00. The second-order valence-electron chi connectivity index (χ2n) is 6.40. The highest BCUT2D eigenvalue weighted by molar-refractivity contribution is 6.32. The fourth-order valence-corrected chi connectivity index (χ4v) is 2.93. The van der Waals surface area contributed by atoms with Gasteiger partial charge in [-0.05, 0) is 44.4 Å². The van der Waals surface area contributed by atoms with Gasteiger partial charge in [0.15, 0.2) is 0 Å². The molecule has 0 atom stereocenters. The molecule has 2 aromatic heterocycles. The van der Waals surface area contributed by atoms with Crippen LogP contribution in [0.15, 0.2) is 42.6 Å². The highest BCUT2D eigenvalue weighted by atomic mass is 35.5. The van der Waals surface area contributed by atoms with Crippen LogP contribution >= 0.6 is 11.6 Å². The average Bonchev–Trinajstić information content (AvgIpc) is 2.93. The number of hydrogen-bond acceptors (Lipinski definition) is 5. The number of aromatic nitrogens is 2. The van der Waals surface area contributed by atoms with Gasteiger partial charge in [0.05, 0.1) is 5.52 Å². The summed E-state index contributed by atoms with van der Waals surface area (Å²) in [5.41, 5.74) is 0.321. The van der Waals surface area contributed by atoms with E-state index in [1.807, 2.05) is 19.0 Å². The van der Waals surface area contributed by atoms with E-state index in [1.54, 1.807) is 30.3 Å². The predicted octanol–water partition coefficient (Wildman–Crippen LogP) is 2.77. The van der Waals surface area contributed by atoms with Crippen LogP contribution < -0.4 is 10.6 Å². The van der Waals surface area contributed by atoms with Gasteiger partial charge in [0.2, 0.25) is 5.88 Å². The molecule has 0 radical (unpaired) electrons. The van der Waals surface area contributed by atoms with Crippen molar-refractivity contribution in [2.45, 2.75) is 0 Å². The monoisotopic (exact) mass is 401 g/mol. The number of anilines is 1. The number of nitrogens with zero attached hydrogens (tertiary/aromatic N) is 3. The van der Waals surface area contributed by atoms with E-state index in [2.05, 4.69) is 15.6 Å². The van der Waals surface area contributed by atoms with Crippen molar-refractivity contribution in [1.29, 1.82) is 0 Å². The second-order valence-corrected chi connectivity index (χ2v) is 6.84. The summed E-state index contributed by atoms with van der Waals surface area (Å²) < 4.78 is 1.06. The van der Waals surface area contributed by atoms with Crippen molar-refractivity contribution in [2.24, 2.45) is 0 Å². The Kier molecular flexibility index (Phi) is 5.81. The van der Waals surface area contributed by atoms with Crippen molar-refractivity contribution < 1.29 is 14.7 Å². The van der Waals surface area contributed by atoms with Crippen LogP contribution in [0.2, 0.25) is 5.02 Å². The van der Waals surface area contributed by atoms with Crippen molar-refractivity contribution in [3.05, 3.63) is 53.2 Å². The molecule has 0 unspecified atom stereocenters. The largest absolute Gasteiger partial charge is 0.494 e. The fraction of sp³-hybridized carbons (Fsp3) is 0.211. The van der Waals surface area contributed by atoms with E-state index < -0.39 is 17.8 Å². The number of aromatic hydroxyl groups is 1. The molecule has 1 aromatic carbocycles. The minimum absolute atomic E-state index is 0.0501. The fourth-order valence-electron chi connectivity index (χ4n) is 2.76. The van der Waals surface area contributed by atoms with Crippen molar-refractivity contribution >= 4 is 40.3 Å². The van der Waals surface area contributed by atoms with Crippen LogP contribution in [-0.4, -0.2) is 58.7 Å². The van der Waals surface area contributed by atoms with Crippen LogP contribution in [0.3, 0.4) is 0 Å². The van der Waals surface area contributed by atoms with E-state index in [9.17, 15) is 14.7 Å². The standard InChI is InChI=1S/C19H20ClN5O3/c1-24(2)10-9-22-19(28)25-14-7-6-12(20)11-13(14)16(18(25)27)17(26)23-15-5-3-4-8-21-15/h3-8,11,27H,9-10H2,1-2H3,(H,22,28)(H,21,23,26). The maximum Gasteiger partial charge on any atom is 0.328 e. The minimum atomic E-state index is -0.594. The number of carbonyl (C=O) groups is 2. The number of amides is 2. The van der Waals surface area contributed by atoms with E-state index in [0.717, 1.165) is 4.57 Å². The van der Waals surface area contributed by atoms with Gasteiger partial charge in [0.1, 0.15) is 11.4 Å². The van der Waals surface area contributed by atoms with Gasteiger partial charge in [-0.1, -0.05) is 17.7 Å². The molecule has 2 amide bonds. The zero-order valence-corrected chi connectivity index (χ0v) is 16.2. The van der Waals surface area contributed by atoms with Gasteiger partial charge in [0, 0.05) is 29.7 Å². The van der Waals surface area contributed by atoms with Gasteiger partial charge in [-0.2, -0.15) is 0 Å². The molecule has 28 heavy (non-hydrogen) atoms. The molecule has 0 aliphatic heterocycles. The normalized spacial score (nSPS) is 11.0. The number of carbonyl (C=O) groups excluding carboxylic acids is 2. The van der Waals surface area contributed by atoms with Crippen LogP contribution in [0.4, 0.5) is 10.6 Å². The van der Waals surface area contributed by atoms with E-state index in [0.29, 0.717) is 34.8 Å². The first-order valence-electron chi connectivity index (χ1n) is 8.56. The number of fused-ring (bicyclic) bond motifs is 1. The molecule has 0 spiro atoms. The molecule has 2 heterocycles. The van der Waals surface area contributed by atoms with Gasteiger partial charge >= 0.3 is 6.03 Å². The van der Waals surface area contributed by atoms with Crippen molar-refractivity contribution in [3.8, 4) is 5.88 Å². The highest BCUT2D eigenvalue weighted by Crippen LogP contribution is 2.33. The summed E-state index contributed by atoms with van der Waals surface area (Å²) in [5, 5.41) is 16.8. The zero-order chi connectivity index (χ0) is 20.3. The molecule has 3 aromatic rings. The summed E-state index contributed by atoms with van der Waals surface area (Å²) in [6.45, 7) is 1.01. The van der Waals surface area contributed by atoms with E-state index >= 15 is 0 Å². The number of likely N-dealkylation sites (N-methyl/N-ethyl adjacent to an activating group) is 1. The van der Waals surface area contributed by atoms with Crippen molar-refractivity contribution in [1.82, 2.24) is 19.8 Å². The quantitative estimate of drug-likeness (QED) is 0.610. The Labute approximate surface area is 166 Å². The highest BCUT2D eigenvalue weighted by Gasteiger charge is 2.26. The lowest BCUT2D eigenvalue weighted by atomic mass is 10.1. The van der Waals surface area contributed by atoms with Crippen molar-refractivity contribution in [3.63, 3.8) is 0 Å². The Bertz CT molecular complexity index is 1020. The third-order valence-electron chi connectivity index (χ3n) is 4.08. The third kappa shape index (κ3) is 4.08. The van der Waals surface area contributed by atoms with Gasteiger partial charge in [0.25, 0.3) is 5.91 Å². The SMILES string of the molecule is CN(C)CCNC(=O)n1c(O)c(C(=O)Nc2ccccn2)c2cc(Cl)ccc21. The molecular weight excluding hydrogens is 382 g/mol. The summed E-state index contributed by atoms with van der Waals surface area (Å²) in [7, 11) is 3.77.